The summed E-state index contributed by atoms with van der Waals surface area (Å²) >= 11 is 5.79. The predicted molar refractivity (Wildman–Crippen MR) is 97.0 cm³/mol. The van der Waals surface area contributed by atoms with Crippen molar-refractivity contribution in [2.75, 3.05) is 26.7 Å². The molecule has 8 heteroatoms. The van der Waals surface area contributed by atoms with Crippen LogP contribution in [0.25, 0.3) is 0 Å². The zero-order valence-corrected chi connectivity index (χ0v) is 15.9. The molecular weight excluding hydrogens is 362 g/mol. The molecule has 2 aliphatic rings. The van der Waals surface area contributed by atoms with Crippen LogP contribution in [-0.4, -0.2) is 62.3 Å². The third-order valence-corrected chi connectivity index (χ3v) is 6.92. The third-order valence-electron chi connectivity index (χ3n) is 4.85. The second-order valence-corrected chi connectivity index (χ2v) is 9.31. The van der Waals surface area contributed by atoms with Gasteiger partial charge in [-0.2, -0.15) is 4.31 Å². The lowest BCUT2D eigenvalue weighted by molar-refractivity contribution is -0.122. The number of carbonyl (C=O) groups excluding carboxylic acids is 1. The molecule has 6 nitrogen and oxygen atoms in total. The van der Waals surface area contributed by atoms with Gasteiger partial charge in [-0.1, -0.05) is 11.6 Å². The van der Waals surface area contributed by atoms with Gasteiger partial charge in [0.05, 0.1) is 11.4 Å². The van der Waals surface area contributed by atoms with Crippen molar-refractivity contribution in [3.05, 3.63) is 29.3 Å². The topological polar surface area (TPSA) is 69.7 Å². The van der Waals surface area contributed by atoms with Crippen LogP contribution in [0.15, 0.2) is 29.2 Å². The van der Waals surface area contributed by atoms with E-state index in [2.05, 4.69) is 10.2 Å². The van der Waals surface area contributed by atoms with E-state index in [1.807, 2.05) is 0 Å². The van der Waals surface area contributed by atoms with Crippen LogP contribution < -0.4 is 5.32 Å². The number of hydrogen-bond acceptors (Lipinski definition) is 4. The average molecular weight is 386 g/mol. The van der Waals surface area contributed by atoms with Gasteiger partial charge >= 0.3 is 0 Å². The number of piperidine rings is 1. The zero-order valence-electron chi connectivity index (χ0n) is 14.3. The number of nitrogens with zero attached hydrogens (tertiary/aromatic N) is 2. The van der Waals surface area contributed by atoms with E-state index >= 15 is 0 Å². The smallest absolute Gasteiger partial charge is 0.243 e. The standard InChI is InChI=1S/C17H24ClN3O3S/c1-20(25(23,24)16-6-2-13(18)3-7-16)12-17(22)19-14-8-10-21(11-9-14)15-4-5-15/h2-3,6-7,14-15H,4-5,8-12H2,1H3,(H,19,22). The second-order valence-electron chi connectivity index (χ2n) is 6.82. The molecule has 0 bridgehead atoms. The van der Waals surface area contributed by atoms with E-state index in [9.17, 15) is 13.2 Å². The predicted octanol–water partition coefficient (Wildman–Crippen LogP) is 1.70. The SMILES string of the molecule is CN(CC(=O)NC1CCN(C2CC2)CC1)S(=O)(=O)c1ccc(Cl)cc1. The van der Waals surface area contributed by atoms with Crippen molar-refractivity contribution < 1.29 is 13.2 Å². The molecule has 1 aliphatic heterocycles. The summed E-state index contributed by atoms with van der Waals surface area (Å²) in [7, 11) is -2.28. The van der Waals surface area contributed by atoms with Gasteiger partial charge in [-0.15, -0.1) is 0 Å². The molecule has 1 N–H and O–H groups in total. The Morgan fingerprint density at radius 3 is 2.36 bits per heavy atom. The summed E-state index contributed by atoms with van der Waals surface area (Å²) in [5.41, 5.74) is 0. The first-order chi connectivity index (χ1) is 11.9. The van der Waals surface area contributed by atoms with Crippen molar-refractivity contribution >= 4 is 27.5 Å². The number of rotatable bonds is 6. The Morgan fingerprint density at radius 1 is 1.20 bits per heavy atom. The first kappa shape index (κ1) is 18.6. The summed E-state index contributed by atoms with van der Waals surface area (Å²) in [4.78, 5) is 14.8. The van der Waals surface area contributed by atoms with Crippen molar-refractivity contribution in [1.29, 1.82) is 0 Å². The Bertz CT molecular complexity index is 711. The van der Waals surface area contributed by atoms with Gasteiger partial charge in [0.2, 0.25) is 15.9 Å². The minimum Gasteiger partial charge on any atom is -0.352 e. The van der Waals surface area contributed by atoms with Gasteiger partial charge in [0.1, 0.15) is 0 Å². The molecule has 0 spiro atoms. The molecule has 1 aromatic rings. The molecule has 0 radical (unpaired) electrons. The van der Waals surface area contributed by atoms with E-state index in [4.69, 9.17) is 11.6 Å². The van der Waals surface area contributed by atoms with E-state index in [1.165, 1.54) is 44.2 Å². The number of likely N-dealkylation sites (N-methyl/N-ethyl adjacent to an activating group) is 1. The lowest BCUT2D eigenvalue weighted by Crippen LogP contribution is -2.48. The van der Waals surface area contributed by atoms with Crippen molar-refractivity contribution in [3.63, 3.8) is 0 Å². The fourth-order valence-electron chi connectivity index (χ4n) is 3.20. The van der Waals surface area contributed by atoms with Crippen LogP contribution in [0.4, 0.5) is 0 Å². The Morgan fingerprint density at radius 2 is 1.80 bits per heavy atom. The minimum absolute atomic E-state index is 0.130. The van der Waals surface area contributed by atoms with E-state index < -0.39 is 10.0 Å². The molecule has 0 atom stereocenters. The molecule has 1 aromatic carbocycles. The van der Waals surface area contributed by atoms with Crippen molar-refractivity contribution in [2.45, 2.75) is 42.7 Å². The number of carbonyl (C=O) groups is 1. The van der Waals surface area contributed by atoms with Gasteiger partial charge in [-0.05, 0) is 49.9 Å². The highest BCUT2D eigenvalue weighted by molar-refractivity contribution is 7.89. The first-order valence-electron chi connectivity index (χ1n) is 8.61. The number of sulfonamides is 1. The molecule has 0 unspecified atom stereocenters. The Kier molecular flexibility index (Phi) is 5.68. The number of benzene rings is 1. The van der Waals surface area contributed by atoms with Gasteiger partial charge in [0.25, 0.3) is 0 Å². The maximum absolute atomic E-state index is 12.5. The van der Waals surface area contributed by atoms with E-state index in [-0.39, 0.29) is 23.4 Å². The molecule has 2 fully saturated rings. The number of nitrogens with one attached hydrogen (secondary N) is 1. The molecule has 1 aliphatic carbocycles. The lowest BCUT2D eigenvalue weighted by atomic mass is 10.0. The number of likely N-dealkylation sites (tertiary alicyclic amines) is 1. The highest BCUT2D eigenvalue weighted by Crippen LogP contribution is 2.29. The Hall–Kier alpha value is -1.15. The van der Waals surface area contributed by atoms with Crippen LogP contribution >= 0.6 is 11.6 Å². The van der Waals surface area contributed by atoms with E-state index in [0.29, 0.717) is 5.02 Å². The molecule has 1 saturated carbocycles. The minimum atomic E-state index is -3.70. The zero-order chi connectivity index (χ0) is 18.0. The van der Waals surface area contributed by atoms with E-state index in [1.54, 1.807) is 0 Å². The van der Waals surface area contributed by atoms with Crippen molar-refractivity contribution in [1.82, 2.24) is 14.5 Å². The summed E-state index contributed by atoms with van der Waals surface area (Å²) < 4.78 is 26.1. The normalized spacial score (nSPS) is 20.0. The van der Waals surface area contributed by atoms with Crippen LogP contribution in [0, 0.1) is 0 Å². The fourth-order valence-corrected chi connectivity index (χ4v) is 4.45. The summed E-state index contributed by atoms with van der Waals surface area (Å²) in [5.74, 6) is -0.259. The van der Waals surface area contributed by atoms with Gasteiger partial charge in [-0.25, -0.2) is 8.42 Å². The molecule has 1 amide bonds. The van der Waals surface area contributed by atoms with Crippen LogP contribution in [-0.2, 0) is 14.8 Å². The summed E-state index contributed by atoms with van der Waals surface area (Å²) in [6.45, 7) is 1.83. The molecule has 1 saturated heterocycles. The van der Waals surface area contributed by atoms with Crippen molar-refractivity contribution in [2.24, 2.45) is 0 Å². The summed E-state index contributed by atoms with van der Waals surface area (Å²) in [6.07, 6.45) is 4.44. The van der Waals surface area contributed by atoms with Crippen LogP contribution in [0.3, 0.4) is 0 Å². The third kappa shape index (κ3) is 4.73. The maximum Gasteiger partial charge on any atom is 0.243 e. The Labute approximate surface area is 154 Å². The molecule has 138 valence electrons. The summed E-state index contributed by atoms with van der Waals surface area (Å²) in [6, 6.07) is 6.83. The maximum atomic E-state index is 12.5. The highest BCUT2D eigenvalue weighted by atomic mass is 35.5. The van der Waals surface area contributed by atoms with Gasteiger partial charge in [-0.3, -0.25) is 4.79 Å². The fraction of sp³-hybridized carbons (Fsp3) is 0.588. The van der Waals surface area contributed by atoms with Crippen LogP contribution in [0.2, 0.25) is 5.02 Å². The van der Waals surface area contributed by atoms with Crippen LogP contribution in [0.1, 0.15) is 25.7 Å². The molecule has 25 heavy (non-hydrogen) atoms. The number of halogens is 1. The quantitative estimate of drug-likeness (QED) is 0.809. The van der Waals surface area contributed by atoms with E-state index in [0.717, 1.165) is 36.3 Å². The monoisotopic (exact) mass is 385 g/mol. The van der Waals surface area contributed by atoms with Gasteiger partial charge in [0.15, 0.2) is 0 Å². The van der Waals surface area contributed by atoms with Crippen LogP contribution in [0.5, 0.6) is 0 Å². The van der Waals surface area contributed by atoms with Gasteiger partial charge in [0, 0.05) is 37.2 Å². The molecule has 1 heterocycles. The number of amides is 1. The Balaban J connectivity index is 1.50. The summed E-state index contributed by atoms with van der Waals surface area (Å²) in [5, 5.41) is 3.44. The highest BCUT2D eigenvalue weighted by Gasteiger charge is 2.32. The second kappa shape index (κ2) is 7.61. The average Bonchev–Trinajstić information content (AvgIpc) is 3.40. The number of hydrogen-bond donors (Lipinski definition) is 1. The van der Waals surface area contributed by atoms with Crippen molar-refractivity contribution in [3.8, 4) is 0 Å². The largest absolute Gasteiger partial charge is 0.352 e. The lowest BCUT2D eigenvalue weighted by Gasteiger charge is -2.32. The molecule has 0 aromatic heterocycles. The molecular formula is C17H24ClN3O3S. The first-order valence-corrected chi connectivity index (χ1v) is 10.4. The van der Waals surface area contributed by atoms with Gasteiger partial charge < -0.3 is 10.2 Å². The molecule has 3 rings (SSSR count).